The summed E-state index contributed by atoms with van der Waals surface area (Å²) >= 11 is 6.64. The van der Waals surface area contributed by atoms with Crippen LogP contribution in [0.15, 0.2) is 29.3 Å². The molecule has 1 amide bonds. The van der Waals surface area contributed by atoms with E-state index in [9.17, 15) is 9.59 Å². The number of rotatable bonds is 2. The lowest BCUT2D eigenvalue weighted by atomic mass is 10.2. The van der Waals surface area contributed by atoms with Gasteiger partial charge < -0.3 is 4.98 Å². The number of hydrogen-bond donors (Lipinski definition) is 2. The van der Waals surface area contributed by atoms with E-state index in [0.717, 1.165) is 19.9 Å². The lowest BCUT2D eigenvalue weighted by Crippen LogP contribution is -2.34. The van der Waals surface area contributed by atoms with Crippen molar-refractivity contribution in [1.82, 2.24) is 14.6 Å². The van der Waals surface area contributed by atoms with E-state index in [-0.39, 0.29) is 10.3 Å². The van der Waals surface area contributed by atoms with E-state index >= 15 is 0 Å². The zero-order chi connectivity index (χ0) is 15.9. The lowest BCUT2D eigenvalue weighted by molar-refractivity contribution is 0.101. The summed E-state index contributed by atoms with van der Waals surface area (Å²) < 4.78 is 1.21. The molecule has 2 N–H and O–H groups in total. The van der Waals surface area contributed by atoms with Gasteiger partial charge >= 0.3 is 0 Å². The third-order valence-electron chi connectivity index (χ3n) is 3.36. The molecule has 0 fully saturated rings. The first-order valence-corrected chi connectivity index (χ1v) is 7.68. The van der Waals surface area contributed by atoms with Gasteiger partial charge in [0.15, 0.2) is 0 Å². The Kier molecular flexibility index (Phi) is 3.63. The van der Waals surface area contributed by atoms with Crippen LogP contribution < -0.4 is 11.0 Å². The number of amides is 1. The molecule has 0 aromatic carbocycles. The quantitative estimate of drug-likeness (QED) is 0.707. The highest BCUT2D eigenvalue weighted by Crippen LogP contribution is 2.25. The Bertz CT molecular complexity index is 986. The van der Waals surface area contributed by atoms with Crippen molar-refractivity contribution in [2.24, 2.45) is 0 Å². The summed E-state index contributed by atoms with van der Waals surface area (Å²) in [7, 11) is 0. The molecular weight excluding hydrogens is 320 g/mol. The van der Waals surface area contributed by atoms with Crippen molar-refractivity contribution >= 4 is 39.7 Å². The molecule has 0 radical (unpaired) electrons. The van der Waals surface area contributed by atoms with Gasteiger partial charge in [0, 0.05) is 17.3 Å². The first-order valence-electron chi connectivity index (χ1n) is 6.45. The number of hydrogen-bond acceptors (Lipinski definition) is 5. The van der Waals surface area contributed by atoms with E-state index in [1.165, 1.54) is 17.5 Å². The summed E-state index contributed by atoms with van der Waals surface area (Å²) in [6.45, 7) is 3.81. The van der Waals surface area contributed by atoms with E-state index in [1.807, 2.05) is 13.8 Å². The number of nitrogens with zero attached hydrogens (tertiary/aromatic N) is 2. The van der Waals surface area contributed by atoms with Crippen LogP contribution in [0.4, 0.5) is 0 Å². The topological polar surface area (TPSA) is 79.8 Å². The fraction of sp³-hybridized carbons (Fsp3) is 0.143. The van der Waals surface area contributed by atoms with Gasteiger partial charge in [-0.25, -0.2) is 0 Å². The number of H-pyrrole nitrogens is 1. The van der Waals surface area contributed by atoms with Gasteiger partial charge in [-0.05, 0) is 43.8 Å². The molecule has 0 saturated heterocycles. The molecule has 0 aliphatic rings. The molecule has 0 bridgehead atoms. The summed E-state index contributed by atoms with van der Waals surface area (Å²) in [5.74, 6) is -0.446. The molecular formula is C14H12N4O2S2. The molecule has 22 heavy (non-hydrogen) atoms. The molecule has 0 atom stereocenters. The fourth-order valence-corrected chi connectivity index (χ4v) is 3.44. The van der Waals surface area contributed by atoms with E-state index in [0.29, 0.717) is 10.9 Å². The van der Waals surface area contributed by atoms with Crippen LogP contribution in [0.25, 0.3) is 10.2 Å². The van der Waals surface area contributed by atoms with E-state index in [2.05, 4.69) is 15.4 Å². The molecule has 3 heterocycles. The molecule has 0 unspecified atom stereocenters. The normalized spacial score (nSPS) is 10.8. The Morgan fingerprint density at radius 1 is 1.45 bits per heavy atom. The minimum Gasteiger partial charge on any atom is -0.322 e. The van der Waals surface area contributed by atoms with Crippen molar-refractivity contribution in [2.45, 2.75) is 13.8 Å². The van der Waals surface area contributed by atoms with Crippen LogP contribution in [0.1, 0.15) is 20.8 Å². The Hall–Kier alpha value is -2.32. The minimum atomic E-state index is -0.446. The molecule has 3 aromatic rings. The highest BCUT2D eigenvalue weighted by Gasteiger charge is 2.14. The maximum atomic E-state index is 12.6. The molecule has 112 valence electrons. The van der Waals surface area contributed by atoms with Crippen molar-refractivity contribution in [3.05, 3.63) is 55.7 Å². The monoisotopic (exact) mass is 332 g/mol. The summed E-state index contributed by atoms with van der Waals surface area (Å²) in [6, 6.07) is 3.26. The molecule has 0 spiro atoms. The van der Waals surface area contributed by atoms with Crippen molar-refractivity contribution in [2.75, 3.05) is 5.43 Å². The number of fused-ring (bicyclic) bond motifs is 1. The number of aromatic amines is 1. The maximum absolute atomic E-state index is 12.6. The summed E-state index contributed by atoms with van der Waals surface area (Å²) in [5.41, 5.74) is 3.42. The number of pyridine rings is 1. The van der Waals surface area contributed by atoms with Crippen LogP contribution in [0.5, 0.6) is 0 Å². The third-order valence-corrected chi connectivity index (χ3v) is 4.77. The van der Waals surface area contributed by atoms with Crippen molar-refractivity contribution in [3.63, 3.8) is 0 Å². The number of aryl methyl sites for hydroxylation is 2. The zero-order valence-corrected chi connectivity index (χ0v) is 13.5. The lowest BCUT2D eigenvalue weighted by Gasteiger charge is -2.08. The van der Waals surface area contributed by atoms with E-state index in [4.69, 9.17) is 12.2 Å². The van der Waals surface area contributed by atoms with Crippen molar-refractivity contribution < 1.29 is 4.79 Å². The molecule has 6 nitrogen and oxygen atoms in total. The van der Waals surface area contributed by atoms with Gasteiger partial charge in [-0.2, -0.15) is 4.68 Å². The van der Waals surface area contributed by atoms with E-state index < -0.39 is 5.91 Å². The Balaban J connectivity index is 2.12. The van der Waals surface area contributed by atoms with Crippen LogP contribution in [-0.2, 0) is 0 Å². The first-order chi connectivity index (χ1) is 10.5. The molecule has 0 aliphatic heterocycles. The average molecular weight is 332 g/mol. The molecule has 3 rings (SSSR count). The predicted molar refractivity (Wildman–Crippen MR) is 88.7 cm³/mol. The van der Waals surface area contributed by atoms with E-state index in [1.54, 1.807) is 18.3 Å². The number of aromatic nitrogens is 3. The zero-order valence-electron chi connectivity index (χ0n) is 11.8. The van der Waals surface area contributed by atoms with Gasteiger partial charge in [-0.3, -0.25) is 20.0 Å². The van der Waals surface area contributed by atoms with Gasteiger partial charge in [-0.15, -0.1) is 11.3 Å². The fourth-order valence-electron chi connectivity index (χ4n) is 2.09. The summed E-state index contributed by atoms with van der Waals surface area (Å²) in [5, 5.41) is 0.544. The molecule has 0 saturated carbocycles. The predicted octanol–water partition coefficient (Wildman–Crippen LogP) is 2.52. The van der Waals surface area contributed by atoms with Crippen LogP contribution in [-0.4, -0.2) is 20.6 Å². The summed E-state index contributed by atoms with van der Waals surface area (Å²) in [6.07, 6.45) is 2.99. The maximum Gasteiger partial charge on any atom is 0.282 e. The van der Waals surface area contributed by atoms with Gasteiger partial charge in [0.2, 0.25) is 4.77 Å². The largest absolute Gasteiger partial charge is 0.322 e. The smallest absolute Gasteiger partial charge is 0.282 e. The Labute approximate surface area is 134 Å². The van der Waals surface area contributed by atoms with Gasteiger partial charge in [0.05, 0.1) is 10.9 Å². The van der Waals surface area contributed by atoms with Crippen LogP contribution in [0.2, 0.25) is 0 Å². The first kappa shape index (κ1) is 14.6. The van der Waals surface area contributed by atoms with Gasteiger partial charge in [0.25, 0.3) is 11.5 Å². The minimum absolute atomic E-state index is 0.149. The Morgan fingerprint density at radius 2 is 2.23 bits per heavy atom. The number of nitrogens with one attached hydrogen (secondary N) is 2. The SMILES string of the molecule is Cc1sc2[nH]c(=S)n(NC(=O)c3cccnc3)c(=O)c2c1C. The van der Waals surface area contributed by atoms with Crippen LogP contribution >= 0.6 is 23.6 Å². The van der Waals surface area contributed by atoms with Crippen molar-refractivity contribution in [1.29, 1.82) is 0 Å². The van der Waals surface area contributed by atoms with Gasteiger partial charge in [0.1, 0.15) is 4.83 Å². The number of carbonyl (C=O) groups is 1. The molecule has 8 heteroatoms. The van der Waals surface area contributed by atoms with Crippen LogP contribution in [0, 0.1) is 18.6 Å². The average Bonchev–Trinajstić information content (AvgIpc) is 2.79. The van der Waals surface area contributed by atoms with Crippen LogP contribution in [0.3, 0.4) is 0 Å². The van der Waals surface area contributed by atoms with Gasteiger partial charge in [-0.1, -0.05) is 0 Å². The second-order valence-electron chi connectivity index (χ2n) is 4.74. The second kappa shape index (κ2) is 5.47. The second-order valence-corrected chi connectivity index (χ2v) is 6.35. The van der Waals surface area contributed by atoms with Crippen molar-refractivity contribution in [3.8, 4) is 0 Å². The number of carbonyl (C=O) groups excluding carboxylic acids is 1. The highest BCUT2D eigenvalue weighted by molar-refractivity contribution is 7.71. The molecule has 0 aliphatic carbocycles. The molecule has 3 aromatic heterocycles. The standard InChI is InChI=1S/C14H12N4O2S2/c1-7-8(2)22-12-10(7)13(20)18(14(21)16-12)17-11(19)9-4-3-5-15-6-9/h3-6H,1-2H3,(H,16,21)(H,17,19). The third kappa shape index (κ3) is 2.36. The summed E-state index contributed by atoms with van der Waals surface area (Å²) in [4.78, 5) is 33.4. The Morgan fingerprint density at radius 3 is 2.91 bits per heavy atom. The highest BCUT2D eigenvalue weighted by atomic mass is 32.1. The number of thiophene rings is 1.